The van der Waals surface area contributed by atoms with Crippen LogP contribution in [0.25, 0.3) is 10.9 Å². The highest BCUT2D eigenvalue weighted by atomic mass is 15.2. The van der Waals surface area contributed by atoms with Gasteiger partial charge in [-0.1, -0.05) is 36.4 Å². The van der Waals surface area contributed by atoms with Gasteiger partial charge in [0.1, 0.15) is 0 Å². The molecule has 0 amide bonds. The van der Waals surface area contributed by atoms with Gasteiger partial charge in [0.25, 0.3) is 0 Å². The molecule has 0 bridgehead atoms. The van der Waals surface area contributed by atoms with E-state index in [2.05, 4.69) is 84.8 Å². The second kappa shape index (κ2) is 7.26. The van der Waals surface area contributed by atoms with Crippen molar-refractivity contribution in [1.29, 1.82) is 0 Å². The number of aromatic nitrogens is 1. The standard InChI is InChI=1S/C23H29N3/c1-16-13-17(2)23-20(9-11-25-23)21(16)15-26-12-10-19(24-3)14-22(26)18-7-5-4-6-8-18/h4-9,11,13,19,22,24-25H,10,12,14-15H2,1-3H3/t19-,22+/m0/s1. The van der Waals surface area contributed by atoms with Crippen molar-refractivity contribution in [3.63, 3.8) is 0 Å². The quantitative estimate of drug-likeness (QED) is 0.716. The van der Waals surface area contributed by atoms with Gasteiger partial charge in [0.2, 0.25) is 0 Å². The fourth-order valence-corrected chi connectivity index (χ4v) is 4.54. The Balaban J connectivity index is 1.69. The fourth-order valence-electron chi connectivity index (χ4n) is 4.54. The number of piperidine rings is 1. The molecule has 0 unspecified atom stereocenters. The van der Waals surface area contributed by atoms with Crippen molar-refractivity contribution in [2.45, 2.75) is 45.3 Å². The predicted octanol–water partition coefficient (Wildman–Crippen LogP) is 4.71. The molecule has 3 nitrogen and oxygen atoms in total. The van der Waals surface area contributed by atoms with Gasteiger partial charge in [-0.25, -0.2) is 0 Å². The zero-order chi connectivity index (χ0) is 18.1. The zero-order valence-electron chi connectivity index (χ0n) is 16.0. The molecule has 1 fully saturated rings. The van der Waals surface area contributed by atoms with E-state index < -0.39 is 0 Å². The Morgan fingerprint density at radius 3 is 2.69 bits per heavy atom. The highest BCUT2D eigenvalue weighted by molar-refractivity contribution is 5.86. The summed E-state index contributed by atoms with van der Waals surface area (Å²) >= 11 is 0. The lowest BCUT2D eigenvalue weighted by Crippen LogP contribution is -2.43. The van der Waals surface area contributed by atoms with Gasteiger partial charge in [0.15, 0.2) is 0 Å². The number of H-pyrrole nitrogens is 1. The summed E-state index contributed by atoms with van der Waals surface area (Å²) in [5, 5.41) is 4.88. The third-order valence-electron chi connectivity index (χ3n) is 6.04. The van der Waals surface area contributed by atoms with E-state index in [-0.39, 0.29) is 0 Å². The lowest BCUT2D eigenvalue weighted by Gasteiger charge is -2.40. The minimum Gasteiger partial charge on any atom is -0.361 e. The highest BCUT2D eigenvalue weighted by Crippen LogP contribution is 2.34. The summed E-state index contributed by atoms with van der Waals surface area (Å²) in [7, 11) is 2.09. The van der Waals surface area contributed by atoms with E-state index in [1.54, 1.807) is 0 Å². The van der Waals surface area contributed by atoms with E-state index in [0.29, 0.717) is 12.1 Å². The van der Waals surface area contributed by atoms with Crippen LogP contribution in [-0.2, 0) is 6.54 Å². The summed E-state index contributed by atoms with van der Waals surface area (Å²) in [5.41, 5.74) is 6.92. The molecule has 2 N–H and O–H groups in total. The summed E-state index contributed by atoms with van der Waals surface area (Å²) < 4.78 is 0. The number of benzene rings is 2. The van der Waals surface area contributed by atoms with Crippen molar-refractivity contribution in [3.8, 4) is 0 Å². The Morgan fingerprint density at radius 2 is 1.92 bits per heavy atom. The normalized spacial score (nSPS) is 21.3. The van der Waals surface area contributed by atoms with Gasteiger partial charge in [-0.2, -0.15) is 0 Å². The first kappa shape index (κ1) is 17.3. The maximum Gasteiger partial charge on any atom is 0.0487 e. The second-order valence-electron chi connectivity index (χ2n) is 7.66. The first-order chi connectivity index (χ1) is 12.7. The molecule has 0 saturated carbocycles. The Bertz CT molecular complexity index is 881. The Hall–Kier alpha value is -2.10. The molecule has 3 aromatic rings. The van der Waals surface area contributed by atoms with Crippen LogP contribution in [-0.4, -0.2) is 29.5 Å². The van der Waals surface area contributed by atoms with Gasteiger partial charge in [-0.15, -0.1) is 0 Å². The predicted molar refractivity (Wildman–Crippen MR) is 109 cm³/mol. The Morgan fingerprint density at radius 1 is 1.12 bits per heavy atom. The van der Waals surface area contributed by atoms with Crippen molar-refractivity contribution < 1.29 is 0 Å². The average Bonchev–Trinajstić information content (AvgIpc) is 3.16. The monoisotopic (exact) mass is 347 g/mol. The van der Waals surface area contributed by atoms with E-state index in [0.717, 1.165) is 13.1 Å². The molecule has 0 radical (unpaired) electrons. The van der Waals surface area contributed by atoms with Gasteiger partial charge in [0.05, 0.1) is 0 Å². The SMILES string of the molecule is CN[C@H]1CCN(Cc2c(C)cc(C)c3[nH]ccc23)[C@@H](c2ccccc2)C1. The molecule has 2 heterocycles. The zero-order valence-corrected chi connectivity index (χ0v) is 16.0. The number of hydrogen-bond donors (Lipinski definition) is 2. The summed E-state index contributed by atoms with van der Waals surface area (Å²) in [6.07, 6.45) is 4.45. The number of likely N-dealkylation sites (tertiary alicyclic amines) is 1. The van der Waals surface area contributed by atoms with E-state index in [4.69, 9.17) is 0 Å². The largest absolute Gasteiger partial charge is 0.361 e. The van der Waals surface area contributed by atoms with E-state index in [9.17, 15) is 0 Å². The number of hydrogen-bond acceptors (Lipinski definition) is 2. The molecule has 2 aromatic carbocycles. The maximum absolute atomic E-state index is 3.50. The third-order valence-corrected chi connectivity index (χ3v) is 6.04. The first-order valence-corrected chi connectivity index (χ1v) is 9.70. The summed E-state index contributed by atoms with van der Waals surface area (Å²) in [6.45, 7) is 6.59. The Kier molecular flexibility index (Phi) is 4.84. The van der Waals surface area contributed by atoms with Gasteiger partial charge in [-0.3, -0.25) is 4.90 Å². The molecule has 1 aliphatic heterocycles. The van der Waals surface area contributed by atoms with Crippen LogP contribution >= 0.6 is 0 Å². The maximum atomic E-state index is 3.50. The van der Waals surface area contributed by atoms with Crippen LogP contribution in [0.15, 0.2) is 48.7 Å². The van der Waals surface area contributed by atoms with Crippen LogP contribution in [0, 0.1) is 13.8 Å². The van der Waals surface area contributed by atoms with Crippen LogP contribution in [0.5, 0.6) is 0 Å². The van der Waals surface area contributed by atoms with Crippen molar-refractivity contribution in [1.82, 2.24) is 15.2 Å². The van der Waals surface area contributed by atoms with Crippen LogP contribution < -0.4 is 5.32 Å². The van der Waals surface area contributed by atoms with Crippen molar-refractivity contribution in [2.24, 2.45) is 0 Å². The number of nitrogens with one attached hydrogen (secondary N) is 2. The highest BCUT2D eigenvalue weighted by Gasteiger charge is 2.29. The number of rotatable bonds is 4. The Labute approximate surface area is 156 Å². The smallest absolute Gasteiger partial charge is 0.0487 e. The summed E-state index contributed by atoms with van der Waals surface area (Å²) in [6, 6.07) is 16.6. The second-order valence-corrected chi connectivity index (χ2v) is 7.66. The molecule has 2 atom stereocenters. The van der Waals surface area contributed by atoms with Crippen molar-refractivity contribution >= 4 is 10.9 Å². The van der Waals surface area contributed by atoms with Crippen LogP contribution in [0.3, 0.4) is 0 Å². The molecule has 1 saturated heterocycles. The number of aryl methyl sites for hydroxylation is 2. The minimum atomic E-state index is 0.470. The van der Waals surface area contributed by atoms with Crippen molar-refractivity contribution in [2.75, 3.05) is 13.6 Å². The molecular formula is C23H29N3. The summed E-state index contributed by atoms with van der Waals surface area (Å²) in [4.78, 5) is 6.10. The minimum absolute atomic E-state index is 0.470. The van der Waals surface area contributed by atoms with E-state index in [1.165, 1.54) is 46.0 Å². The van der Waals surface area contributed by atoms with Crippen LogP contribution in [0.4, 0.5) is 0 Å². The number of nitrogens with zero attached hydrogens (tertiary/aromatic N) is 1. The fraction of sp³-hybridized carbons (Fsp3) is 0.391. The molecular weight excluding hydrogens is 318 g/mol. The average molecular weight is 348 g/mol. The molecule has 26 heavy (non-hydrogen) atoms. The lowest BCUT2D eigenvalue weighted by molar-refractivity contribution is 0.120. The summed E-state index contributed by atoms with van der Waals surface area (Å²) in [5.74, 6) is 0. The molecule has 4 rings (SSSR count). The number of aromatic amines is 1. The molecule has 0 aliphatic carbocycles. The molecule has 1 aliphatic rings. The van der Waals surface area contributed by atoms with E-state index >= 15 is 0 Å². The van der Waals surface area contributed by atoms with Gasteiger partial charge < -0.3 is 10.3 Å². The molecule has 0 spiro atoms. The lowest BCUT2D eigenvalue weighted by atomic mass is 9.90. The number of fused-ring (bicyclic) bond motifs is 1. The van der Waals surface area contributed by atoms with Gasteiger partial charge in [-0.05, 0) is 62.1 Å². The van der Waals surface area contributed by atoms with E-state index in [1.807, 2.05) is 0 Å². The van der Waals surface area contributed by atoms with Crippen LogP contribution in [0.2, 0.25) is 0 Å². The molecule has 136 valence electrons. The molecule has 3 heteroatoms. The van der Waals surface area contributed by atoms with Crippen LogP contribution in [0.1, 0.15) is 41.1 Å². The van der Waals surface area contributed by atoms with Gasteiger partial charge >= 0.3 is 0 Å². The van der Waals surface area contributed by atoms with Crippen molar-refractivity contribution in [3.05, 3.63) is 70.9 Å². The topological polar surface area (TPSA) is 31.1 Å². The van der Waals surface area contributed by atoms with Gasteiger partial charge in [0, 0.05) is 42.3 Å². The molecule has 1 aromatic heterocycles. The third kappa shape index (κ3) is 3.17. The first-order valence-electron chi connectivity index (χ1n) is 9.70.